The van der Waals surface area contributed by atoms with Crippen LogP contribution in [0.2, 0.25) is 0 Å². The van der Waals surface area contributed by atoms with Gasteiger partial charge in [0.05, 0.1) is 25.4 Å². The van der Waals surface area contributed by atoms with Gasteiger partial charge in [-0.1, -0.05) is 6.07 Å². The Balaban J connectivity index is 2.14. The van der Waals surface area contributed by atoms with Crippen molar-refractivity contribution in [1.82, 2.24) is 9.55 Å². The van der Waals surface area contributed by atoms with Crippen LogP contribution < -0.4 is 9.46 Å². The summed E-state index contributed by atoms with van der Waals surface area (Å²) in [7, 11) is 0.164. The lowest BCUT2D eigenvalue weighted by Crippen LogP contribution is -2.18. The Hall–Kier alpha value is -2.02. The summed E-state index contributed by atoms with van der Waals surface area (Å²) in [6.45, 7) is 0. The molecule has 0 spiro atoms. The number of hydrogen-bond donors (Lipinski definition) is 1. The molecule has 6 nitrogen and oxygen atoms in total. The fourth-order valence-corrected chi connectivity index (χ4v) is 3.95. The normalized spacial score (nSPS) is 17.6. The number of ether oxygens (including phenoxy) is 1. The van der Waals surface area contributed by atoms with Gasteiger partial charge >= 0.3 is 0 Å². The maximum atomic E-state index is 11.7. The minimum Gasteiger partial charge on any atom is -0.495 e. The van der Waals surface area contributed by atoms with Crippen LogP contribution in [-0.4, -0.2) is 31.3 Å². The van der Waals surface area contributed by atoms with Gasteiger partial charge in [0.25, 0.3) is 0 Å². The highest BCUT2D eigenvalue weighted by Crippen LogP contribution is 2.43. The highest BCUT2D eigenvalue weighted by molar-refractivity contribution is 7.92. The molecule has 1 aliphatic rings. The van der Waals surface area contributed by atoms with Gasteiger partial charge in [0.15, 0.2) is 0 Å². The van der Waals surface area contributed by atoms with Crippen LogP contribution in [0.1, 0.15) is 35.6 Å². The van der Waals surface area contributed by atoms with Crippen molar-refractivity contribution in [2.75, 3.05) is 18.1 Å². The zero-order valence-electron chi connectivity index (χ0n) is 13.5. The van der Waals surface area contributed by atoms with Gasteiger partial charge in [-0.2, -0.15) is 0 Å². The van der Waals surface area contributed by atoms with Crippen LogP contribution >= 0.6 is 0 Å². The third kappa shape index (κ3) is 3.06. The third-order valence-electron chi connectivity index (χ3n) is 4.32. The second-order valence-corrected chi connectivity index (χ2v) is 7.71. The minimum atomic E-state index is -3.37. The first kappa shape index (κ1) is 15.9. The SMILES string of the molecule is COc1ccc2c(c1NS(C)(=O)=O)CCCC2c1cncn1C. The first-order valence-corrected chi connectivity index (χ1v) is 9.43. The molecule has 1 atom stereocenters. The lowest BCUT2D eigenvalue weighted by molar-refractivity contribution is 0.415. The highest BCUT2D eigenvalue weighted by Gasteiger charge is 2.28. The number of hydrogen-bond acceptors (Lipinski definition) is 4. The van der Waals surface area contributed by atoms with E-state index in [0.29, 0.717) is 11.4 Å². The Morgan fingerprint density at radius 3 is 2.78 bits per heavy atom. The molecule has 1 heterocycles. The van der Waals surface area contributed by atoms with Gasteiger partial charge in [0, 0.05) is 24.9 Å². The summed E-state index contributed by atoms with van der Waals surface area (Å²) >= 11 is 0. The number of imidazole rings is 1. The van der Waals surface area contributed by atoms with Crippen LogP contribution in [0.25, 0.3) is 0 Å². The summed E-state index contributed by atoms with van der Waals surface area (Å²) in [5.41, 5.74) is 3.87. The van der Waals surface area contributed by atoms with Crippen molar-refractivity contribution in [1.29, 1.82) is 0 Å². The van der Waals surface area contributed by atoms with Crippen LogP contribution in [0.3, 0.4) is 0 Å². The maximum absolute atomic E-state index is 11.7. The largest absolute Gasteiger partial charge is 0.495 e. The number of nitrogens with one attached hydrogen (secondary N) is 1. The summed E-state index contributed by atoms with van der Waals surface area (Å²) in [4.78, 5) is 4.21. The Labute approximate surface area is 136 Å². The number of nitrogens with zero attached hydrogens (tertiary/aromatic N) is 2. The van der Waals surface area contributed by atoms with Gasteiger partial charge in [-0.25, -0.2) is 13.4 Å². The molecule has 1 N–H and O–H groups in total. The van der Waals surface area contributed by atoms with E-state index in [4.69, 9.17) is 4.74 Å². The number of anilines is 1. The second kappa shape index (κ2) is 5.88. The molecule has 7 heteroatoms. The number of aryl methyl sites for hydroxylation is 1. The van der Waals surface area contributed by atoms with Crippen LogP contribution in [0, 0.1) is 0 Å². The molecule has 0 radical (unpaired) electrons. The lowest BCUT2D eigenvalue weighted by Gasteiger charge is -2.28. The van der Waals surface area contributed by atoms with E-state index in [-0.39, 0.29) is 5.92 Å². The molecule has 0 fully saturated rings. The van der Waals surface area contributed by atoms with Gasteiger partial charge in [0.1, 0.15) is 5.75 Å². The van der Waals surface area contributed by atoms with Gasteiger partial charge in [-0.15, -0.1) is 0 Å². The Kier molecular flexibility index (Phi) is 4.06. The third-order valence-corrected chi connectivity index (χ3v) is 4.90. The van der Waals surface area contributed by atoms with Crippen molar-refractivity contribution in [3.8, 4) is 5.75 Å². The van der Waals surface area contributed by atoms with E-state index in [1.54, 1.807) is 13.4 Å². The zero-order chi connectivity index (χ0) is 16.6. The fraction of sp³-hybridized carbons (Fsp3) is 0.438. The molecule has 3 rings (SSSR count). The first-order valence-electron chi connectivity index (χ1n) is 7.54. The molecule has 0 saturated heterocycles. The fourth-order valence-electron chi connectivity index (χ4n) is 3.35. The van der Waals surface area contributed by atoms with E-state index in [2.05, 4.69) is 9.71 Å². The van der Waals surface area contributed by atoms with E-state index in [0.717, 1.165) is 42.3 Å². The molecule has 0 amide bonds. The van der Waals surface area contributed by atoms with Crippen LogP contribution in [-0.2, 0) is 23.5 Å². The molecule has 1 aromatic heterocycles. The summed E-state index contributed by atoms with van der Waals surface area (Å²) in [6, 6.07) is 3.87. The molecule has 1 aromatic carbocycles. The van der Waals surface area contributed by atoms with E-state index in [1.807, 2.05) is 29.9 Å². The first-order chi connectivity index (χ1) is 10.9. The second-order valence-electron chi connectivity index (χ2n) is 5.96. The van der Waals surface area contributed by atoms with Crippen LogP contribution in [0.15, 0.2) is 24.7 Å². The van der Waals surface area contributed by atoms with Crippen molar-refractivity contribution in [2.45, 2.75) is 25.2 Å². The average molecular weight is 335 g/mol. The van der Waals surface area contributed by atoms with Gasteiger partial charge in [-0.05, 0) is 36.5 Å². The number of sulfonamides is 1. The smallest absolute Gasteiger partial charge is 0.229 e. The number of fused-ring (bicyclic) bond motifs is 1. The molecule has 1 unspecified atom stereocenters. The molecular weight excluding hydrogens is 314 g/mol. The topological polar surface area (TPSA) is 73.2 Å². The summed E-state index contributed by atoms with van der Waals surface area (Å²) in [5, 5.41) is 0. The molecule has 23 heavy (non-hydrogen) atoms. The lowest BCUT2D eigenvalue weighted by atomic mass is 9.80. The molecular formula is C16H21N3O3S. The zero-order valence-corrected chi connectivity index (χ0v) is 14.4. The Bertz CT molecular complexity index is 827. The standard InChI is InChI=1S/C16H21N3O3S/c1-19-10-17-9-14(19)12-5-4-6-13-11(12)7-8-15(22-2)16(13)18-23(3,20)21/h7-10,12,18H,4-6H2,1-3H3. The van der Waals surface area contributed by atoms with Gasteiger partial charge < -0.3 is 9.30 Å². The summed E-state index contributed by atoms with van der Waals surface area (Å²) in [6.07, 6.45) is 7.69. The molecule has 1 aliphatic carbocycles. The molecule has 0 saturated carbocycles. The van der Waals surface area contributed by atoms with Crippen molar-refractivity contribution in [3.05, 3.63) is 41.5 Å². The summed E-state index contributed by atoms with van der Waals surface area (Å²) < 4.78 is 33.5. The molecule has 0 bridgehead atoms. The van der Waals surface area contributed by atoms with E-state index >= 15 is 0 Å². The average Bonchev–Trinajstić information content (AvgIpc) is 2.91. The van der Waals surface area contributed by atoms with E-state index in [9.17, 15) is 8.42 Å². The van der Waals surface area contributed by atoms with Crippen molar-refractivity contribution < 1.29 is 13.2 Å². The number of aromatic nitrogens is 2. The number of rotatable bonds is 4. The Morgan fingerprint density at radius 2 is 2.17 bits per heavy atom. The van der Waals surface area contributed by atoms with Gasteiger partial charge in [0.2, 0.25) is 10.0 Å². The number of benzene rings is 1. The van der Waals surface area contributed by atoms with Crippen molar-refractivity contribution in [2.24, 2.45) is 7.05 Å². The maximum Gasteiger partial charge on any atom is 0.229 e. The highest BCUT2D eigenvalue weighted by atomic mass is 32.2. The predicted molar refractivity (Wildman–Crippen MR) is 89.4 cm³/mol. The Morgan fingerprint density at radius 1 is 1.39 bits per heavy atom. The van der Waals surface area contributed by atoms with E-state index < -0.39 is 10.0 Å². The minimum absolute atomic E-state index is 0.220. The van der Waals surface area contributed by atoms with Crippen molar-refractivity contribution in [3.63, 3.8) is 0 Å². The number of methoxy groups -OCH3 is 1. The quantitative estimate of drug-likeness (QED) is 0.930. The summed E-state index contributed by atoms with van der Waals surface area (Å²) in [5.74, 6) is 0.775. The van der Waals surface area contributed by atoms with Crippen molar-refractivity contribution >= 4 is 15.7 Å². The van der Waals surface area contributed by atoms with E-state index in [1.165, 1.54) is 0 Å². The van der Waals surface area contributed by atoms with Crippen LogP contribution in [0.4, 0.5) is 5.69 Å². The monoisotopic (exact) mass is 335 g/mol. The molecule has 124 valence electrons. The molecule has 0 aliphatic heterocycles. The molecule has 2 aromatic rings. The van der Waals surface area contributed by atoms with Gasteiger partial charge in [-0.3, -0.25) is 4.72 Å². The van der Waals surface area contributed by atoms with Crippen LogP contribution in [0.5, 0.6) is 5.75 Å². The predicted octanol–water partition coefficient (Wildman–Crippen LogP) is 2.27.